The number of aromatic amines is 1. The number of aliphatic carboxylic acids is 2. The van der Waals surface area contributed by atoms with Crippen molar-refractivity contribution in [3.05, 3.63) is 58.5 Å². The SMILES string of the molecule is CC(C)(O/N=C(\C(=O)N[C@@H]1C(=O)N2C(C(=O)O)=C(Cc3c[nH][n+]4ccccc34)CS[C@@H]12)c1csc(N)n1)C(=O)O. The first-order chi connectivity index (χ1) is 19.0. The van der Waals surface area contributed by atoms with Crippen molar-refractivity contribution in [1.29, 1.82) is 0 Å². The lowest BCUT2D eigenvalue weighted by Crippen LogP contribution is -2.71. The Morgan fingerprint density at radius 3 is 2.80 bits per heavy atom. The zero-order chi connectivity index (χ0) is 28.8. The molecule has 2 atom stereocenters. The number of nitrogen functional groups attached to an aromatic ring is 1. The van der Waals surface area contributed by atoms with Crippen LogP contribution in [0.3, 0.4) is 0 Å². The first kappa shape index (κ1) is 27.1. The fourth-order valence-electron chi connectivity index (χ4n) is 4.24. The standard InChI is InChI=1S/C24H23N7O7S2/c1-24(2,22(36)37)38-29-15(13-10-40-23(25)27-13)18(32)28-16-19(33)31-17(21(34)35)12(9-39-20(16)31)7-11-8-26-30-6-4-3-5-14(11)30/h3-6,8,10,16,20H,7,9H2,1-2H3,(H5,25,27,28,32,34,35,36,37)/p+1/b29-15-/t16-,20+/m1/s1. The minimum absolute atomic E-state index is 0.0334. The van der Waals surface area contributed by atoms with Crippen LogP contribution in [0.2, 0.25) is 0 Å². The van der Waals surface area contributed by atoms with Crippen molar-refractivity contribution in [3.8, 4) is 0 Å². The average Bonchev–Trinajstić information content (AvgIpc) is 3.53. The summed E-state index contributed by atoms with van der Waals surface area (Å²) in [7, 11) is 0. The van der Waals surface area contributed by atoms with Gasteiger partial charge in [-0.15, -0.1) is 23.1 Å². The third-order valence-corrected chi connectivity index (χ3v) is 8.38. The smallest absolute Gasteiger partial charge is 0.352 e. The zero-order valence-electron chi connectivity index (χ0n) is 21.2. The molecule has 3 aromatic rings. The molecule has 0 unspecified atom stereocenters. The maximum Gasteiger partial charge on any atom is 0.352 e. The van der Waals surface area contributed by atoms with Crippen molar-refractivity contribution in [3.63, 3.8) is 0 Å². The van der Waals surface area contributed by atoms with Crippen molar-refractivity contribution in [2.24, 2.45) is 5.16 Å². The summed E-state index contributed by atoms with van der Waals surface area (Å²) < 4.78 is 1.81. The number of hydrogen-bond donors (Lipinski definition) is 5. The van der Waals surface area contributed by atoms with E-state index < -0.39 is 40.8 Å². The second-order valence-corrected chi connectivity index (χ2v) is 11.5. The van der Waals surface area contributed by atoms with Crippen molar-refractivity contribution >= 4 is 63.2 Å². The number of anilines is 1. The Hall–Kier alpha value is -4.44. The second kappa shape index (κ2) is 10.3. The fourth-order valence-corrected chi connectivity index (χ4v) is 6.13. The molecule has 5 rings (SSSR count). The van der Waals surface area contributed by atoms with Crippen molar-refractivity contribution in [2.45, 2.75) is 37.3 Å². The second-order valence-electron chi connectivity index (χ2n) is 9.47. The predicted octanol–water partition coefficient (Wildman–Crippen LogP) is 0.357. The molecule has 1 fully saturated rings. The van der Waals surface area contributed by atoms with Crippen LogP contribution < -0.4 is 15.6 Å². The minimum atomic E-state index is -1.75. The van der Waals surface area contributed by atoms with Crippen LogP contribution in [-0.4, -0.2) is 77.4 Å². The number of rotatable bonds is 9. The van der Waals surface area contributed by atoms with Gasteiger partial charge in [-0.05, 0) is 25.5 Å². The van der Waals surface area contributed by atoms with Gasteiger partial charge in [0, 0.05) is 29.7 Å². The van der Waals surface area contributed by atoms with Gasteiger partial charge in [-0.3, -0.25) is 14.5 Å². The molecule has 3 aromatic heterocycles. The lowest BCUT2D eigenvalue weighted by molar-refractivity contribution is -0.576. The molecule has 208 valence electrons. The monoisotopic (exact) mass is 586 g/mol. The number of thiazole rings is 1. The van der Waals surface area contributed by atoms with Crippen LogP contribution in [0.1, 0.15) is 25.1 Å². The Balaban J connectivity index is 1.37. The highest BCUT2D eigenvalue weighted by molar-refractivity contribution is 8.00. The Morgan fingerprint density at radius 1 is 1.35 bits per heavy atom. The van der Waals surface area contributed by atoms with E-state index >= 15 is 0 Å². The molecule has 6 N–H and O–H groups in total. The molecule has 0 aromatic carbocycles. The summed E-state index contributed by atoms with van der Waals surface area (Å²) in [5, 5.41) is 29.6. The number of thioether (sulfide) groups is 1. The van der Waals surface area contributed by atoms with Gasteiger partial charge in [-0.25, -0.2) is 14.6 Å². The number of fused-ring (bicyclic) bond motifs is 2. The molecule has 14 nitrogen and oxygen atoms in total. The van der Waals surface area contributed by atoms with Gasteiger partial charge in [0.15, 0.2) is 17.0 Å². The highest BCUT2D eigenvalue weighted by atomic mass is 32.2. The number of amides is 2. The van der Waals surface area contributed by atoms with E-state index in [4.69, 9.17) is 10.6 Å². The Kier molecular flexibility index (Phi) is 6.97. The number of nitrogens with two attached hydrogens (primary N) is 1. The summed E-state index contributed by atoms with van der Waals surface area (Å²) in [6, 6.07) is 4.60. The van der Waals surface area contributed by atoms with Gasteiger partial charge in [-0.2, -0.15) is 5.10 Å². The largest absolute Gasteiger partial charge is 0.478 e. The normalized spacial score (nSPS) is 19.3. The van der Waals surface area contributed by atoms with Crippen LogP contribution >= 0.6 is 23.1 Å². The molecule has 0 bridgehead atoms. The molecule has 0 saturated carbocycles. The summed E-state index contributed by atoms with van der Waals surface area (Å²) >= 11 is 2.36. The number of β-lactam (4-membered cyclic amide) rings is 1. The van der Waals surface area contributed by atoms with Crippen LogP contribution in [0, 0.1) is 0 Å². The Morgan fingerprint density at radius 2 is 2.12 bits per heavy atom. The maximum absolute atomic E-state index is 13.2. The highest BCUT2D eigenvalue weighted by Crippen LogP contribution is 2.41. The quantitative estimate of drug-likeness (QED) is 0.101. The molecule has 2 aliphatic heterocycles. The van der Waals surface area contributed by atoms with E-state index in [9.17, 15) is 29.4 Å². The van der Waals surface area contributed by atoms with Gasteiger partial charge in [-0.1, -0.05) is 9.67 Å². The van der Waals surface area contributed by atoms with E-state index in [0.29, 0.717) is 17.7 Å². The maximum atomic E-state index is 13.2. The van der Waals surface area contributed by atoms with Crippen molar-refractivity contribution < 1.29 is 38.7 Å². The van der Waals surface area contributed by atoms with Crippen molar-refractivity contribution in [2.75, 3.05) is 11.5 Å². The fraction of sp³-hybridized carbons (Fsp3) is 0.292. The molecular weight excluding hydrogens is 562 g/mol. The number of pyridine rings is 1. The minimum Gasteiger partial charge on any atom is -0.478 e. The molecular formula is C24H24N7O7S2+. The van der Waals surface area contributed by atoms with Gasteiger partial charge in [0.2, 0.25) is 11.1 Å². The third-order valence-electron chi connectivity index (χ3n) is 6.37. The number of nitrogens with zero attached hydrogens (tertiary/aromatic N) is 4. The number of oxime groups is 1. The van der Waals surface area contributed by atoms with Crippen LogP contribution in [0.15, 0.2) is 52.4 Å². The first-order valence-corrected chi connectivity index (χ1v) is 13.8. The number of aromatic nitrogens is 3. The molecule has 0 aliphatic carbocycles. The highest BCUT2D eigenvalue weighted by Gasteiger charge is 2.54. The summed E-state index contributed by atoms with van der Waals surface area (Å²) in [6.45, 7) is 2.50. The molecule has 2 aliphatic rings. The Bertz CT molecular complexity index is 1610. The van der Waals surface area contributed by atoms with Gasteiger partial charge >= 0.3 is 11.9 Å². The van der Waals surface area contributed by atoms with Crippen molar-refractivity contribution in [1.82, 2.24) is 20.3 Å². The van der Waals surface area contributed by atoms with Crippen LogP contribution in [-0.2, 0) is 30.4 Å². The van der Waals surface area contributed by atoms with E-state index in [1.54, 1.807) is 6.20 Å². The Labute approximate surface area is 234 Å². The number of carbonyl (C=O) groups excluding carboxylic acids is 2. The summed E-state index contributed by atoms with van der Waals surface area (Å²) in [5.74, 6) is -3.68. The van der Waals surface area contributed by atoms with E-state index in [1.165, 1.54) is 35.9 Å². The molecule has 5 heterocycles. The molecule has 16 heteroatoms. The van der Waals surface area contributed by atoms with Gasteiger partial charge in [0.05, 0.1) is 11.8 Å². The summed E-state index contributed by atoms with van der Waals surface area (Å²) in [4.78, 5) is 60.4. The van der Waals surface area contributed by atoms with Crippen LogP contribution in [0.5, 0.6) is 0 Å². The van der Waals surface area contributed by atoms with E-state index in [0.717, 1.165) is 22.4 Å². The van der Waals surface area contributed by atoms with Gasteiger partial charge in [0.1, 0.15) is 22.8 Å². The predicted molar refractivity (Wildman–Crippen MR) is 143 cm³/mol. The van der Waals surface area contributed by atoms with Gasteiger partial charge in [0.25, 0.3) is 11.8 Å². The number of carbonyl (C=O) groups is 4. The number of carboxylic acid groups (broad SMARTS) is 2. The number of hydrogen-bond acceptors (Lipinski definition) is 10. The van der Waals surface area contributed by atoms with Crippen LogP contribution in [0.4, 0.5) is 5.13 Å². The lowest BCUT2D eigenvalue weighted by Gasteiger charge is -2.49. The number of nitrogens with one attached hydrogen (secondary N) is 2. The van der Waals surface area contributed by atoms with E-state index in [1.807, 2.05) is 28.9 Å². The molecule has 1 saturated heterocycles. The topological polar surface area (TPSA) is 204 Å². The molecule has 2 amide bonds. The van der Waals surface area contributed by atoms with E-state index in [-0.39, 0.29) is 22.2 Å². The molecule has 40 heavy (non-hydrogen) atoms. The summed E-state index contributed by atoms with van der Waals surface area (Å²) in [5.41, 5.74) is 5.81. The number of carboxylic acids is 2. The van der Waals surface area contributed by atoms with Crippen LogP contribution in [0.25, 0.3) is 5.52 Å². The van der Waals surface area contributed by atoms with Gasteiger partial charge < -0.3 is 26.1 Å². The lowest BCUT2D eigenvalue weighted by atomic mass is 9.99. The molecule has 0 spiro atoms. The first-order valence-electron chi connectivity index (χ1n) is 11.9. The van der Waals surface area contributed by atoms with E-state index in [2.05, 4.69) is 20.6 Å². The number of H-pyrrole nitrogens is 1. The third kappa shape index (κ3) is 4.86. The summed E-state index contributed by atoms with van der Waals surface area (Å²) in [6.07, 6.45) is 3.95. The zero-order valence-corrected chi connectivity index (χ0v) is 22.8. The molecule has 0 radical (unpaired) electrons. The average molecular weight is 587 g/mol.